The van der Waals surface area contributed by atoms with Gasteiger partial charge in [0.25, 0.3) is 5.91 Å². The SMILES string of the molecule is O=C(NCc1ccc2ncccc2c1)c1ccc(COc2ccccc2[N+](=O)[O-])o1. The highest BCUT2D eigenvalue weighted by Crippen LogP contribution is 2.26. The maximum Gasteiger partial charge on any atom is 0.310 e. The number of para-hydroxylation sites is 2. The fourth-order valence-corrected chi connectivity index (χ4v) is 2.96. The summed E-state index contributed by atoms with van der Waals surface area (Å²) in [4.78, 5) is 27.2. The van der Waals surface area contributed by atoms with Gasteiger partial charge >= 0.3 is 5.69 Å². The molecule has 30 heavy (non-hydrogen) atoms. The molecule has 8 nitrogen and oxygen atoms in total. The topological polar surface area (TPSA) is 108 Å². The molecule has 0 atom stereocenters. The normalized spacial score (nSPS) is 10.7. The summed E-state index contributed by atoms with van der Waals surface area (Å²) in [6.45, 7) is 0.308. The molecule has 2 aromatic heterocycles. The maximum atomic E-state index is 12.4. The standard InChI is InChI=1S/C22H17N3O5/c26-22(24-13-15-7-9-18-16(12-15)4-3-11-23-18)21-10-8-17(30-21)14-29-20-6-2-1-5-19(20)25(27)28/h1-12H,13-14H2,(H,24,26). The number of aromatic nitrogens is 1. The molecule has 2 aromatic carbocycles. The summed E-state index contributed by atoms with van der Waals surface area (Å²) >= 11 is 0. The molecule has 0 bridgehead atoms. The summed E-state index contributed by atoms with van der Waals surface area (Å²) in [5, 5.41) is 14.8. The van der Waals surface area contributed by atoms with Crippen LogP contribution in [0.3, 0.4) is 0 Å². The van der Waals surface area contributed by atoms with Crippen LogP contribution in [0.2, 0.25) is 0 Å². The zero-order valence-corrected chi connectivity index (χ0v) is 15.8. The third kappa shape index (κ3) is 4.27. The van der Waals surface area contributed by atoms with Crippen molar-refractivity contribution in [1.29, 1.82) is 0 Å². The Morgan fingerprint density at radius 1 is 1.10 bits per heavy atom. The van der Waals surface area contributed by atoms with Crippen molar-refractivity contribution in [2.75, 3.05) is 0 Å². The van der Waals surface area contributed by atoms with Crippen molar-refractivity contribution in [2.24, 2.45) is 0 Å². The van der Waals surface area contributed by atoms with Gasteiger partial charge in [-0.3, -0.25) is 19.9 Å². The minimum Gasteiger partial charge on any atom is -0.479 e. The second kappa shape index (κ2) is 8.44. The van der Waals surface area contributed by atoms with Crippen molar-refractivity contribution >= 4 is 22.5 Å². The van der Waals surface area contributed by atoms with Crippen LogP contribution in [0.4, 0.5) is 5.69 Å². The lowest BCUT2D eigenvalue weighted by Gasteiger charge is -2.06. The molecule has 150 valence electrons. The Morgan fingerprint density at radius 2 is 1.97 bits per heavy atom. The second-order valence-corrected chi connectivity index (χ2v) is 6.49. The number of hydrogen-bond acceptors (Lipinski definition) is 6. The summed E-state index contributed by atoms with van der Waals surface area (Å²) in [5.41, 5.74) is 1.70. The summed E-state index contributed by atoms with van der Waals surface area (Å²) in [6, 6.07) is 18.8. The predicted octanol–water partition coefficient (Wildman–Crippen LogP) is 4.25. The number of amides is 1. The fourth-order valence-electron chi connectivity index (χ4n) is 2.96. The highest BCUT2D eigenvalue weighted by Gasteiger charge is 2.15. The Labute approximate surface area is 171 Å². The minimum absolute atomic E-state index is 0.0319. The van der Waals surface area contributed by atoms with Crippen LogP contribution in [0.25, 0.3) is 10.9 Å². The van der Waals surface area contributed by atoms with Crippen LogP contribution in [-0.4, -0.2) is 15.8 Å². The van der Waals surface area contributed by atoms with Crippen LogP contribution in [0, 0.1) is 10.1 Å². The molecular weight excluding hydrogens is 386 g/mol. The van der Waals surface area contributed by atoms with Crippen LogP contribution < -0.4 is 10.1 Å². The lowest BCUT2D eigenvalue weighted by molar-refractivity contribution is -0.386. The van der Waals surface area contributed by atoms with Gasteiger partial charge in [-0.25, -0.2) is 0 Å². The first-order valence-corrected chi connectivity index (χ1v) is 9.17. The van der Waals surface area contributed by atoms with E-state index in [1.165, 1.54) is 18.2 Å². The van der Waals surface area contributed by atoms with Crippen LogP contribution >= 0.6 is 0 Å². The van der Waals surface area contributed by atoms with Gasteiger partial charge in [0.05, 0.1) is 10.4 Å². The molecule has 1 amide bonds. The molecule has 0 aliphatic carbocycles. The number of benzene rings is 2. The average molecular weight is 403 g/mol. The van der Waals surface area contributed by atoms with Crippen molar-refractivity contribution in [3.63, 3.8) is 0 Å². The molecule has 1 N–H and O–H groups in total. The maximum absolute atomic E-state index is 12.4. The zero-order chi connectivity index (χ0) is 20.9. The summed E-state index contributed by atoms with van der Waals surface area (Å²) in [6.07, 6.45) is 1.73. The van der Waals surface area contributed by atoms with Crippen LogP contribution in [0.5, 0.6) is 5.75 Å². The van der Waals surface area contributed by atoms with E-state index in [9.17, 15) is 14.9 Å². The second-order valence-electron chi connectivity index (χ2n) is 6.49. The summed E-state index contributed by atoms with van der Waals surface area (Å²) in [7, 11) is 0. The van der Waals surface area contributed by atoms with Gasteiger partial charge in [0.1, 0.15) is 12.4 Å². The Balaban J connectivity index is 1.36. The third-order valence-electron chi connectivity index (χ3n) is 4.44. The zero-order valence-electron chi connectivity index (χ0n) is 15.8. The van der Waals surface area contributed by atoms with E-state index in [4.69, 9.17) is 9.15 Å². The molecule has 0 unspecified atom stereocenters. The number of hydrogen-bond donors (Lipinski definition) is 1. The Bertz CT molecular complexity index is 1220. The largest absolute Gasteiger partial charge is 0.479 e. The molecule has 0 aliphatic heterocycles. The van der Waals surface area contributed by atoms with Gasteiger partial charge in [-0.05, 0) is 42.0 Å². The Hall–Kier alpha value is -4.20. The lowest BCUT2D eigenvalue weighted by Crippen LogP contribution is -2.22. The Morgan fingerprint density at radius 3 is 2.83 bits per heavy atom. The van der Waals surface area contributed by atoms with Gasteiger partial charge in [-0.1, -0.05) is 24.3 Å². The van der Waals surface area contributed by atoms with Crippen LogP contribution in [0.15, 0.2) is 77.3 Å². The highest BCUT2D eigenvalue weighted by atomic mass is 16.6. The monoisotopic (exact) mass is 403 g/mol. The van der Waals surface area contributed by atoms with Gasteiger partial charge in [0.2, 0.25) is 0 Å². The molecule has 0 spiro atoms. The first-order valence-electron chi connectivity index (χ1n) is 9.17. The first-order chi connectivity index (χ1) is 14.6. The number of nitro groups is 1. The van der Waals surface area contributed by atoms with Crippen molar-refractivity contribution < 1.29 is 18.9 Å². The van der Waals surface area contributed by atoms with E-state index in [1.807, 2.05) is 30.3 Å². The number of furan rings is 1. The molecule has 8 heteroatoms. The van der Waals surface area contributed by atoms with Crippen LogP contribution in [-0.2, 0) is 13.2 Å². The molecule has 0 fully saturated rings. The summed E-state index contributed by atoms with van der Waals surface area (Å²) < 4.78 is 11.0. The number of nitro benzene ring substituents is 1. The molecular formula is C22H17N3O5. The van der Waals surface area contributed by atoms with Crippen molar-refractivity contribution in [3.05, 3.63) is 100 Å². The van der Waals surface area contributed by atoms with Gasteiger partial charge in [0.15, 0.2) is 11.5 Å². The number of nitrogens with zero attached hydrogens (tertiary/aromatic N) is 2. The van der Waals surface area contributed by atoms with E-state index in [1.54, 1.807) is 24.4 Å². The average Bonchev–Trinajstić information content (AvgIpc) is 3.25. The van der Waals surface area contributed by atoms with Gasteiger partial charge < -0.3 is 14.5 Å². The van der Waals surface area contributed by atoms with Crippen molar-refractivity contribution in [3.8, 4) is 5.75 Å². The van der Waals surface area contributed by atoms with Crippen molar-refractivity contribution in [1.82, 2.24) is 10.3 Å². The summed E-state index contributed by atoms with van der Waals surface area (Å²) in [5.74, 6) is 0.294. The van der Waals surface area contributed by atoms with Crippen molar-refractivity contribution in [2.45, 2.75) is 13.2 Å². The molecule has 0 saturated heterocycles. The van der Waals surface area contributed by atoms with E-state index < -0.39 is 4.92 Å². The van der Waals surface area contributed by atoms with Gasteiger partial charge in [-0.2, -0.15) is 0 Å². The number of carbonyl (C=O) groups is 1. The lowest BCUT2D eigenvalue weighted by atomic mass is 10.1. The first kappa shape index (κ1) is 19.1. The molecule has 4 rings (SSSR count). The molecule has 2 heterocycles. The fraction of sp³-hybridized carbons (Fsp3) is 0.0909. The molecule has 4 aromatic rings. The van der Waals surface area contributed by atoms with Gasteiger partial charge in [-0.15, -0.1) is 0 Å². The number of ether oxygens (including phenoxy) is 1. The quantitative estimate of drug-likeness (QED) is 0.365. The van der Waals surface area contributed by atoms with E-state index in [0.29, 0.717) is 12.3 Å². The number of rotatable bonds is 7. The number of carbonyl (C=O) groups excluding carboxylic acids is 1. The number of fused-ring (bicyclic) bond motifs is 1. The third-order valence-corrected chi connectivity index (χ3v) is 4.44. The molecule has 0 aliphatic rings. The van der Waals surface area contributed by atoms with E-state index in [-0.39, 0.29) is 29.7 Å². The van der Waals surface area contributed by atoms with E-state index in [2.05, 4.69) is 10.3 Å². The van der Waals surface area contributed by atoms with E-state index >= 15 is 0 Å². The number of nitrogens with one attached hydrogen (secondary N) is 1. The smallest absolute Gasteiger partial charge is 0.310 e. The van der Waals surface area contributed by atoms with E-state index in [0.717, 1.165) is 16.5 Å². The predicted molar refractivity (Wildman–Crippen MR) is 109 cm³/mol. The Kier molecular flexibility index (Phi) is 5.38. The minimum atomic E-state index is -0.515. The molecule has 0 saturated carbocycles. The number of pyridine rings is 1. The van der Waals surface area contributed by atoms with Gasteiger partial charge in [0, 0.05) is 24.2 Å². The molecule has 0 radical (unpaired) electrons. The van der Waals surface area contributed by atoms with Crippen LogP contribution in [0.1, 0.15) is 21.9 Å². The highest BCUT2D eigenvalue weighted by molar-refractivity contribution is 5.91.